The zero-order chi connectivity index (χ0) is 33.4. The Morgan fingerprint density at radius 2 is 1.79 bits per heavy atom. The predicted octanol–water partition coefficient (Wildman–Crippen LogP) is 6.67. The normalized spacial score (nSPS) is 16.7. The lowest BCUT2D eigenvalue weighted by molar-refractivity contribution is 0.101. The van der Waals surface area contributed by atoms with Crippen molar-refractivity contribution >= 4 is 57.2 Å². The summed E-state index contributed by atoms with van der Waals surface area (Å²) in [5.74, 6) is 0.629. The monoisotopic (exact) mass is 684 g/mol. The lowest BCUT2D eigenvalue weighted by atomic mass is 10.0. The standard InChI is InChI=1S/C36H38Cl2N8O2/c1-3-14-45-16-12-30-29(21-45)42-35(44(30)2)36(48)43-28-9-5-7-26(32(28)38)25-6-4-8-27(31(25)37)41-34-33-23(10-13-39-34)17-22(18-40-33)19-46-15-11-24(47)20-46/h4-10,13,17-18,24,47H,3,11-12,14-16,19-21H2,1-2H3,(H,39,41)(H,43,48)/t24-/m1/s1. The molecular formula is C36H38Cl2N8O2. The molecule has 12 heteroatoms. The van der Waals surface area contributed by atoms with Crippen LogP contribution in [-0.4, -0.2) is 72.6 Å². The van der Waals surface area contributed by atoms with Gasteiger partial charge < -0.3 is 20.3 Å². The molecule has 5 aromatic rings. The van der Waals surface area contributed by atoms with Gasteiger partial charge in [-0.2, -0.15) is 0 Å². The third kappa shape index (κ3) is 6.51. The molecule has 0 radical (unpaired) electrons. The number of amides is 1. The van der Waals surface area contributed by atoms with Crippen LogP contribution in [0.25, 0.3) is 22.0 Å². The fraction of sp³-hybridized carbons (Fsp3) is 0.333. The SMILES string of the molecule is CCCN1CCc2c(nc(C(=O)Nc3cccc(-c4cccc(Nc5nccc6cc(CN7CC[C@@H](O)C7)cnc56)c4Cl)c3Cl)n2C)C1. The lowest BCUT2D eigenvalue weighted by Gasteiger charge is -2.25. The third-order valence-corrected chi connectivity index (χ3v) is 9.99. The largest absolute Gasteiger partial charge is 0.392 e. The number of rotatable bonds is 9. The van der Waals surface area contributed by atoms with E-state index in [-0.39, 0.29) is 12.0 Å². The van der Waals surface area contributed by atoms with E-state index in [1.807, 2.05) is 54.2 Å². The van der Waals surface area contributed by atoms with E-state index in [1.165, 1.54) is 0 Å². The zero-order valence-electron chi connectivity index (χ0n) is 27.0. The Hall–Kier alpha value is -4.06. The molecule has 248 valence electrons. The van der Waals surface area contributed by atoms with E-state index in [1.54, 1.807) is 12.3 Å². The summed E-state index contributed by atoms with van der Waals surface area (Å²) < 4.78 is 1.90. The molecule has 1 atom stereocenters. The molecule has 3 aromatic heterocycles. The van der Waals surface area contributed by atoms with Crippen molar-refractivity contribution in [1.82, 2.24) is 29.3 Å². The number of nitrogens with zero attached hydrogens (tertiary/aromatic N) is 6. The van der Waals surface area contributed by atoms with Crippen LogP contribution in [0.5, 0.6) is 0 Å². The number of carbonyl (C=O) groups is 1. The maximum atomic E-state index is 13.5. The summed E-state index contributed by atoms with van der Waals surface area (Å²) in [7, 11) is 1.90. The Kier molecular flexibility index (Phi) is 9.35. The number of halogens is 2. The van der Waals surface area contributed by atoms with E-state index in [0.717, 1.165) is 79.8 Å². The highest BCUT2D eigenvalue weighted by Crippen LogP contribution is 2.41. The van der Waals surface area contributed by atoms with Crippen LogP contribution in [-0.2, 0) is 26.6 Å². The van der Waals surface area contributed by atoms with Crippen molar-refractivity contribution in [2.24, 2.45) is 7.05 Å². The Labute approximate surface area is 289 Å². The summed E-state index contributed by atoms with van der Waals surface area (Å²) in [6, 6.07) is 15.2. The second kappa shape index (κ2) is 13.8. The molecule has 7 rings (SSSR count). The van der Waals surface area contributed by atoms with Crippen LogP contribution in [0.4, 0.5) is 17.2 Å². The van der Waals surface area contributed by atoms with Gasteiger partial charge in [0, 0.05) is 80.8 Å². The maximum absolute atomic E-state index is 13.5. The van der Waals surface area contributed by atoms with Crippen LogP contribution in [0.3, 0.4) is 0 Å². The lowest BCUT2D eigenvalue weighted by Crippen LogP contribution is -2.31. The van der Waals surface area contributed by atoms with Crippen LogP contribution in [0.1, 0.15) is 47.3 Å². The summed E-state index contributed by atoms with van der Waals surface area (Å²) in [5, 5.41) is 18.0. The molecule has 1 amide bonds. The first-order chi connectivity index (χ1) is 23.3. The third-order valence-electron chi connectivity index (χ3n) is 9.18. The van der Waals surface area contributed by atoms with Gasteiger partial charge in [-0.15, -0.1) is 0 Å². The molecule has 0 saturated carbocycles. The number of β-amino-alcohol motifs (C(OH)–C–C–N with tert-alkyl or cyclic N) is 1. The Morgan fingerprint density at radius 1 is 1.02 bits per heavy atom. The van der Waals surface area contributed by atoms with Crippen LogP contribution in [0.2, 0.25) is 10.0 Å². The topological polar surface area (TPSA) is 111 Å². The van der Waals surface area contributed by atoms with Gasteiger partial charge in [0.05, 0.1) is 33.2 Å². The second-order valence-corrected chi connectivity index (χ2v) is 13.3. The molecule has 10 nitrogen and oxygen atoms in total. The van der Waals surface area contributed by atoms with E-state index in [9.17, 15) is 9.90 Å². The highest BCUT2D eigenvalue weighted by molar-refractivity contribution is 6.39. The first kappa shape index (κ1) is 32.5. The molecule has 5 heterocycles. The first-order valence-corrected chi connectivity index (χ1v) is 17.1. The van der Waals surface area contributed by atoms with Gasteiger partial charge in [-0.05, 0) is 49.2 Å². The average Bonchev–Trinajstić information content (AvgIpc) is 3.64. The zero-order valence-corrected chi connectivity index (χ0v) is 28.5. The summed E-state index contributed by atoms with van der Waals surface area (Å²) >= 11 is 14.0. The van der Waals surface area contributed by atoms with Gasteiger partial charge in [-0.25, -0.2) is 9.97 Å². The first-order valence-electron chi connectivity index (χ1n) is 16.4. The molecule has 1 fully saturated rings. The van der Waals surface area contributed by atoms with Gasteiger partial charge >= 0.3 is 0 Å². The molecule has 0 unspecified atom stereocenters. The maximum Gasteiger partial charge on any atom is 0.291 e. The van der Waals surface area contributed by atoms with Crippen molar-refractivity contribution in [3.63, 3.8) is 0 Å². The number of hydrogen-bond donors (Lipinski definition) is 3. The fourth-order valence-electron chi connectivity index (χ4n) is 6.77. The number of aliphatic hydroxyl groups excluding tert-OH is 1. The van der Waals surface area contributed by atoms with Gasteiger partial charge in [0.25, 0.3) is 5.91 Å². The minimum atomic E-state index is -0.315. The summed E-state index contributed by atoms with van der Waals surface area (Å²) in [4.78, 5) is 32.1. The summed E-state index contributed by atoms with van der Waals surface area (Å²) in [5.41, 5.74) is 6.36. The van der Waals surface area contributed by atoms with Gasteiger partial charge in [0.1, 0.15) is 5.52 Å². The number of pyridine rings is 2. The minimum Gasteiger partial charge on any atom is -0.392 e. The van der Waals surface area contributed by atoms with Crippen LogP contribution in [0, 0.1) is 0 Å². The predicted molar refractivity (Wildman–Crippen MR) is 191 cm³/mol. The smallest absolute Gasteiger partial charge is 0.291 e. The van der Waals surface area contributed by atoms with E-state index in [2.05, 4.69) is 38.4 Å². The Bertz CT molecular complexity index is 2000. The number of imidazole rings is 1. The van der Waals surface area contributed by atoms with Crippen LogP contribution < -0.4 is 10.6 Å². The molecular weight excluding hydrogens is 647 g/mol. The molecule has 2 aliphatic heterocycles. The van der Waals surface area contributed by atoms with Gasteiger partial charge in [0.2, 0.25) is 0 Å². The van der Waals surface area contributed by atoms with Gasteiger partial charge in [-0.3, -0.25) is 19.6 Å². The van der Waals surface area contributed by atoms with Crippen molar-refractivity contribution in [1.29, 1.82) is 0 Å². The number of aliphatic hydroxyl groups is 1. The number of nitrogens with one attached hydrogen (secondary N) is 2. The molecule has 1 saturated heterocycles. The van der Waals surface area contributed by atoms with E-state index < -0.39 is 0 Å². The average molecular weight is 686 g/mol. The van der Waals surface area contributed by atoms with Crippen molar-refractivity contribution in [3.05, 3.63) is 93.7 Å². The van der Waals surface area contributed by atoms with Crippen LogP contribution in [0.15, 0.2) is 60.9 Å². The van der Waals surface area contributed by atoms with E-state index >= 15 is 0 Å². The minimum absolute atomic E-state index is 0.260. The number of likely N-dealkylation sites (tertiary alicyclic amines) is 1. The number of fused-ring (bicyclic) bond motifs is 2. The number of hydrogen-bond acceptors (Lipinski definition) is 8. The van der Waals surface area contributed by atoms with Crippen LogP contribution >= 0.6 is 23.2 Å². The Morgan fingerprint density at radius 3 is 2.54 bits per heavy atom. The van der Waals surface area contributed by atoms with E-state index in [0.29, 0.717) is 50.7 Å². The van der Waals surface area contributed by atoms with Gasteiger partial charge in [0.15, 0.2) is 11.6 Å². The number of benzene rings is 2. The molecule has 0 spiro atoms. The molecule has 3 N–H and O–H groups in total. The van der Waals surface area contributed by atoms with E-state index in [4.69, 9.17) is 33.2 Å². The van der Waals surface area contributed by atoms with Crippen molar-refractivity contribution in [2.75, 3.05) is 36.8 Å². The van der Waals surface area contributed by atoms with Crippen molar-refractivity contribution < 1.29 is 9.90 Å². The number of aromatic nitrogens is 4. The molecule has 48 heavy (non-hydrogen) atoms. The highest BCUT2D eigenvalue weighted by Gasteiger charge is 2.26. The molecule has 0 bridgehead atoms. The summed E-state index contributed by atoms with van der Waals surface area (Å²) in [6.07, 6.45) is 6.09. The van der Waals surface area contributed by atoms with Crippen molar-refractivity contribution in [2.45, 2.75) is 45.4 Å². The fourth-order valence-corrected chi connectivity index (χ4v) is 7.32. The van der Waals surface area contributed by atoms with Crippen molar-refractivity contribution in [3.8, 4) is 11.1 Å². The number of carbonyl (C=O) groups excluding carboxylic acids is 1. The second-order valence-electron chi connectivity index (χ2n) is 12.6. The van der Waals surface area contributed by atoms with Gasteiger partial charge in [-0.1, -0.05) is 54.4 Å². The quantitative estimate of drug-likeness (QED) is 0.158. The molecule has 2 aliphatic rings. The highest BCUT2D eigenvalue weighted by atomic mass is 35.5. The Balaban J connectivity index is 1.11. The molecule has 2 aromatic carbocycles. The molecule has 0 aliphatic carbocycles. The number of anilines is 3. The summed E-state index contributed by atoms with van der Waals surface area (Å²) in [6.45, 7) is 7.19.